The SMILES string of the molecule is CS(=O)(=O)N1CCCCC1C(=O)NCCc1ccc(OC(F)F)cc1. The first-order chi connectivity index (χ1) is 11.8. The lowest BCUT2D eigenvalue weighted by atomic mass is 10.0. The highest BCUT2D eigenvalue weighted by Gasteiger charge is 2.34. The molecule has 1 N–H and O–H groups in total. The number of benzene rings is 1. The van der Waals surface area contributed by atoms with Gasteiger partial charge in [-0.25, -0.2) is 8.42 Å². The monoisotopic (exact) mass is 376 g/mol. The summed E-state index contributed by atoms with van der Waals surface area (Å²) >= 11 is 0. The summed E-state index contributed by atoms with van der Waals surface area (Å²) in [7, 11) is -3.41. The lowest BCUT2D eigenvalue weighted by Crippen LogP contribution is -2.51. The quantitative estimate of drug-likeness (QED) is 0.787. The molecule has 1 aliphatic heterocycles. The molecule has 1 atom stereocenters. The zero-order chi connectivity index (χ0) is 18.4. The van der Waals surface area contributed by atoms with E-state index in [9.17, 15) is 22.0 Å². The molecule has 25 heavy (non-hydrogen) atoms. The van der Waals surface area contributed by atoms with Crippen LogP contribution in [0.2, 0.25) is 0 Å². The molecule has 1 aromatic carbocycles. The molecule has 9 heteroatoms. The number of carbonyl (C=O) groups is 1. The normalized spacial score (nSPS) is 19.0. The van der Waals surface area contributed by atoms with Gasteiger partial charge in [-0.3, -0.25) is 4.79 Å². The van der Waals surface area contributed by atoms with Crippen LogP contribution in [-0.4, -0.2) is 50.6 Å². The van der Waals surface area contributed by atoms with Crippen LogP contribution in [0.3, 0.4) is 0 Å². The Morgan fingerprint density at radius 3 is 2.60 bits per heavy atom. The summed E-state index contributed by atoms with van der Waals surface area (Å²) in [6, 6.07) is 5.51. The standard InChI is InChI=1S/C16H22F2N2O4S/c1-25(22,23)20-11-3-2-4-14(20)15(21)19-10-9-12-5-7-13(8-6-12)24-16(17)18/h5-8,14,16H,2-4,9-11H2,1H3,(H,19,21). The van der Waals surface area contributed by atoms with Gasteiger partial charge in [0.05, 0.1) is 6.26 Å². The molecule has 0 saturated carbocycles. The zero-order valence-corrected chi connectivity index (χ0v) is 14.8. The van der Waals surface area contributed by atoms with Gasteiger partial charge in [-0.1, -0.05) is 18.6 Å². The molecule has 0 radical (unpaired) electrons. The molecule has 0 bridgehead atoms. The number of ether oxygens (including phenoxy) is 1. The molecular weight excluding hydrogens is 354 g/mol. The van der Waals surface area contributed by atoms with Crippen LogP contribution < -0.4 is 10.1 Å². The van der Waals surface area contributed by atoms with Crippen LogP contribution >= 0.6 is 0 Å². The molecule has 1 aromatic rings. The van der Waals surface area contributed by atoms with Crippen molar-refractivity contribution in [2.75, 3.05) is 19.3 Å². The number of hydrogen-bond acceptors (Lipinski definition) is 4. The average Bonchev–Trinajstić information content (AvgIpc) is 2.55. The van der Waals surface area contributed by atoms with E-state index < -0.39 is 22.7 Å². The van der Waals surface area contributed by atoms with E-state index in [1.165, 1.54) is 16.4 Å². The first-order valence-corrected chi connectivity index (χ1v) is 9.90. The highest BCUT2D eigenvalue weighted by atomic mass is 32.2. The van der Waals surface area contributed by atoms with Crippen LogP contribution in [0.4, 0.5) is 8.78 Å². The summed E-state index contributed by atoms with van der Waals surface area (Å²) < 4.78 is 53.3. The van der Waals surface area contributed by atoms with Gasteiger partial charge in [-0.15, -0.1) is 0 Å². The van der Waals surface area contributed by atoms with E-state index in [0.29, 0.717) is 25.9 Å². The van der Waals surface area contributed by atoms with Gasteiger partial charge in [-0.05, 0) is 37.0 Å². The summed E-state index contributed by atoms with van der Waals surface area (Å²) in [4.78, 5) is 12.3. The first-order valence-electron chi connectivity index (χ1n) is 8.05. The Bertz CT molecular complexity index is 680. The van der Waals surface area contributed by atoms with E-state index in [1.54, 1.807) is 12.1 Å². The molecule has 0 spiro atoms. The van der Waals surface area contributed by atoms with Crippen LogP contribution in [0.25, 0.3) is 0 Å². The number of nitrogens with zero attached hydrogens (tertiary/aromatic N) is 1. The number of alkyl halides is 2. The molecular formula is C16H22F2N2O4S. The van der Waals surface area contributed by atoms with E-state index in [2.05, 4.69) is 10.1 Å². The van der Waals surface area contributed by atoms with Gasteiger partial charge in [-0.2, -0.15) is 13.1 Å². The third-order valence-corrected chi connectivity index (χ3v) is 5.33. The van der Waals surface area contributed by atoms with E-state index >= 15 is 0 Å². The Morgan fingerprint density at radius 2 is 2.00 bits per heavy atom. The van der Waals surface area contributed by atoms with Crippen molar-refractivity contribution in [3.05, 3.63) is 29.8 Å². The Balaban J connectivity index is 1.85. The average molecular weight is 376 g/mol. The summed E-state index contributed by atoms with van der Waals surface area (Å²) in [5, 5.41) is 2.75. The van der Waals surface area contributed by atoms with Crippen LogP contribution in [-0.2, 0) is 21.2 Å². The number of halogens is 2. The van der Waals surface area contributed by atoms with E-state index in [-0.39, 0.29) is 11.7 Å². The van der Waals surface area contributed by atoms with Gasteiger partial charge in [0.25, 0.3) is 0 Å². The zero-order valence-electron chi connectivity index (χ0n) is 14.0. The van der Waals surface area contributed by atoms with Gasteiger partial charge >= 0.3 is 6.61 Å². The van der Waals surface area contributed by atoms with E-state index in [0.717, 1.165) is 24.7 Å². The fourth-order valence-electron chi connectivity index (χ4n) is 2.85. The molecule has 1 amide bonds. The van der Waals surface area contributed by atoms with Gasteiger partial charge in [0.1, 0.15) is 11.8 Å². The fourth-order valence-corrected chi connectivity index (χ4v) is 3.97. The van der Waals surface area contributed by atoms with Crippen molar-refractivity contribution in [1.82, 2.24) is 9.62 Å². The third-order valence-electron chi connectivity index (χ3n) is 4.04. The molecule has 140 valence electrons. The number of nitrogens with one attached hydrogen (secondary N) is 1. The van der Waals surface area contributed by atoms with Gasteiger partial charge < -0.3 is 10.1 Å². The van der Waals surface area contributed by atoms with Crippen molar-refractivity contribution in [2.45, 2.75) is 38.3 Å². The highest BCUT2D eigenvalue weighted by molar-refractivity contribution is 7.88. The molecule has 2 rings (SSSR count). The lowest BCUT2D eigenvalue weighted by Gasteiger charge is -2.32. The van der Waals surface area contributed by atoms with Crippen LogP contribution in [0.5, 0.6) is 5.75 Å². The Hall–Kier alpha value is -1.74. The molecule has 0 aliphatic carbocycles. The minimum atomic E-state index is -3.41. The lowest BCUT2D eigenvalue weighted by molar-refractivity contribution is -0.125. The maximum atomic E-state index is 12.3. The Morgan fingerprint density at radius 1 is 1.32 bits per heavy atom. The summed E-state index contributed by atoms with van der Waals surface area (Å²) in [6.45, 7) is -2.16. The minimum Gasteiger partial charge on any atom is -0.435 e. The van der Waals surface area contributed by atoms with Crippen LogP contribution in [0.1, 0.15) is 24.8 Å². The van der Waals surface area contributed by atoms with Crippen molar-refractivity contribution in [1.29, 1.82) is 0 Å². The van der Waals surface area contributed by atoms with Crippen LogP contribution in [0, 0.1) is 0 Å². The smallest absolute Gasteiger partial charge is 0.387 e. The molecule has 1 aliphatic rings. The largest absolute Gasteiger partial charge is 0.435 e. The Kier molecular flexibility index (Phi) is 6.71. The predicted molar refractivity (Wildman–Crippen MR) is 89.0 cm³/mol. The van der Waals surface area contributed by atoms with Crippen molar-refractivity contribution in [3.63, 3.8) is 0 Å². The second kappa shape index (κ2) is 8.57. The highest BCUT2D eigenvalue weighted by Crippen LogP contribution is 2.20. The summed E-state index contributed by atoms with van der Waals surface area (Å²) in [5.41, 5.74) is 0.852. The molecule has 1 unspecified atom stereocenters. The topological polar surface area (TPSA) is 75.7 Å². The van der Waals surface area contributed by atoms with Gasteiger partial charge in [0, 0.05) is 13.1 Å². The number of amides is 1. The number of carbonyl (C=O) groups excluding carboxylic acids is 1. The minimum absolute atomic E-state index is 0.0776. The van der Waals surface area contributed by atoms with E-state index in [4.69, 9.17) is 0 Å². The maximum absolute atomic E-state index is 12.3. The number of piperidine rings is 1. The number of sulfonamides is 1. The second-order valence-electron chi connectivity index (χ2n) is 5.95. The van der Waals surface area contributed by atoms with Crippen molar-refractivity contribution >= 4 is 15.9 Å². The molecule has 0 aromatic heterocycles. The first kappa shape index (κ1) is 19.6. The summed E-state index contributed by atoms with van der Waals surface area (Å²) in [6.07, 6.45) is 3.70. The van der Waals surface area contributed by atoms with Gasteiger partial charge in [0.2, 0.25) is 15.9 Å². The third kappa shape index (κ3) is 5.93. The maximum Gasteiger partial charge on any atom is 0.387 e. The molecule has 1 fully saturated rings. The van der Waals surface area contributed by atoms with Gasteiger partial charge in [0.15, 0.2) is 0 Å². The van der Waals surface area contributed by atoms with Crippen molar-refractivity contribution in [3.8, 4) is 5.75 Å². The van der Waals surface area contributed by atoms with Crippen LogP contribution in [0.15, 0.2) is 24.3 Å². The number of hydrogen-bond donors (Lipinski definition) is 1. The fraction of sp³-hybridized carbons (Fsp3) is 0.562. The van der Waals surface area contributed by atoms with Crippen molar-refractivity contribution in [2.24, 2.45) is 0 Å². The molecule has 1 saturated heterocycles. The molecule has 1 heterocycles. The summed E-state index contributed by atoms with van der Waals surface area (Å²) in [5.74, 6) is -0.225. The second-order valence-corrected chi connectivity index (χ2v) is 7.88. The predicted octanol–water partition coefficient (Wildman–Crippen LogP) is 1.76. The number of rotatable bonds is 7. The van der Waals surface area contributed by atoms with E-state index in [1.807, 2.05) is 0 Å². The molecule has 6 nitrogen and oxygen atoms in total. The Labute approximate surface area is 146 Å². The van der Waals surface area contributed by atoms with Crippen molar-refractivity contribution < 1.29 is 26.7 Å².